The second-order valence-electron chi connectivity index (χ2n) is 7.88. The molecule has 0 radical (unpaired) electrons. The summed E-state index contributed by atoms with van der Waals surface area (Å²) in [5.41, 5.74) is 0.743. The SMILES string of the molecule is CC(C)(C)OC(=O)c1cccc(NC2(c3nc(-c4ccncn4)n[nH]3)COC2)c1. The molecule has 3 heterocycles. The zero-order valence-electron chi connectivity index (χ0n) is 16.5. The summed E-state index contributed by atoms with van der Waals surface area (Å²) in [6, 6.07) is 8.92. The summed E-state index contributed by atoms with van der Waals surface area (Å²) in [6.07, 6.45) is 3.09. The second-order valence-corrected chi connectivity index (χ2v) is 7.88. The van der Waals surface area contributed by atoms with Crippen LogP contribution in [0.4, 0.5) is 5.69 Å². The molecule has 3 aromatic rings. The summed E-state index contributed by atoms with van der Waals surface area (Å²) in [4.78, 5) is 25.0. The van der Waals surface area contributed by atoms with Gasteiger partial charge < -0.3 is 14.8 Å². The van der Waals surface area contributed by atoms with Crippen molar-refractivity contribution in [2.75, 3.05) is 18.5 Å². The number of carbonyl (C=O) groups is 1. The average molecular weight is 394 g/mol. The van der Waals surface area contributed by atoms with Crippen LogP contribution in [0.3, 0.4) is 0 Å². The first-order chi connectivity index (χ1) is 13.8. The van der Waals surface area contributed by atoms with Crippen molar-refractivity contribution in [2.45, 2.75) is 31.9 Å². The molecule has 1 fully saturated rings. The van der Waals surface area contributed by atoms with E-state index in [2.05, 4.69) is 30.5 Å². The molecule has 0 saturated carbocycles. The van der Waals surface area contributed by atoms with Crippen LogP contribution in [0, 0.1) is 0 Å². The number of nitrogens with zero attached hydrogens (tertiary/aromatic N) is 4. The number of ether oxygens (including phenoxy) is 2. The Bertz CT molecular complexity index is 1010. The van der Waals surface area contributed by atoms with E-state index in [9.17, 15) is 4.79 Å². The van der Waals surface area contributed by atoms with Gasteiger partial charge in [0.2, 0.25) is 0 Å². The highest BCUT2D eigenvalue weighted by Crippen LogP contribution is 2.32. The lowest BCUT2D eigenvalue weighted by Gasteiger charge is -2.40. The van der Waals surface area contributed by atoms with Crippen molar-refractivity contribution in [3.05, 3.63) is 54.2 Å². The first kappa shape index (κ1) is 19.0. The van der Waals surface area contributed by atoms with E-state index in [0.29, 0.717) is 36.1 Å². The smallest absolute Gasteiger partial charge is 0.338 e. The lowest BCUT2D eigenvalue weighted by Crippen LogP contribution is -2.53. The van der Waals surface area contributed by atoms with Gasteiger partial charge >= 0.3 is 5.97 Å². The molecule has 0 aliphatic carbocycles. The van der Waals surface area contributed by atoms with Crippen molar-refractivity contribution in [3.63, 3.8) is 0 Å². The minimum atomic E-state index is -0.565. The maximum atomic E-state index is 12.4. The normalized spacial score (nSPS) is 15.4. The minimum absolute atomic E-state index is 0.370. The molecule has 0 atom stereocenters. The Hall–Kier alpha value is -3.33. The molecule has 0 spiro atoms. The number of H-pyrrole nitrogens is 1. The first-order valence-corrected chi connectivity index (χ1v) is 9.23. The number of aromatic nitrogens is 5. The number of anilines is 1. The van der Waals surface area contributed by atoms with Gasteiger partial charge in [0, 0.05) is 11.9 Å². The number of hydrogen-bond acceptors (Lipinski definition) is 8. The molecular weight excluding hydrogens is 372 g/mol. The molecule has 1 aliphatic heterocycles. The predicted octanol–water partition coefficient (Wildman–Crippen LogP) is 2.55. The Morgan fingerprint density at radius 2 is 2.10 bits per heavy atom. The molecule has 2 N–H and O–H groups in total. The van der Waals surface area contributed by atoms with Crippen LogP contribution in [-0.2, 0) is 15.0 Å². The third-order valence-electron chi connectivity index (χ3n) is 4.33. The molecule has 9 heteroatoms. The highest BCUT2D eigenvalue weighted by Gasteiger charge is 2.44. The van der Waals surface area contributed by atoms with Gasteiger partial charge in [0.15, 0.2) is 11.6 Å². The van der Waals surface area contributed by atoms with Crippen molar-refractivity contribution in [3.8, 4) is 11.5 Å². The van der Waals surface area contributed by atoms with Gasteiger partial charge in [-0.05, 0) is 45.0 Å². The van der Waals surface area contributed by atoms with Crippen LogP contribution in [-0.4, -0.2) is 49.9 Å². The summed E-state index contributed by atoms with van der Waals surface area (Å²) in [6.45, 7) is 6.36. The maximum Gasteiger partial charge on any atom is 0.338 e. The largest absolute Gasteiger partial charge is 0.456 e. The Balaban J connectivity index is 1.56. The number of rotatable bonds is 5. The Kier molecular flexibility index (Phi) is 4.75. The number of esters is 1. The fourth-order valence-electron chi connectivity index (χ4n) is 2.92. The third kappa shape index (κ3) is 4.09. The highest BCUT2D eigenvalue weighted by molar-refractivity contribution is 5.90. The number of nitrogens with one attached hydrogen (secondary N) is 2. The molecule has 150 valence electrons. The topological polar surface area (TPSA) is 115 Å². The van der Waals surface area contributed by atoms with E-state index < -0.39 is 11.1 Å². The molecule has 1 aromatic carbocycles. The van der Waals surface area contributed by atoms with Crippen LogP contribution in [0.2, 0.25) is 0 Å². The van der Waals surface area contributed by atoms with Gasteiger partial charge in [0.25, 0.3) is 0 Å². The Labute approximate surface area is 167 Å². The summed E-state index contributed by atoms with van der Waals surface area (Å²) >= 11 is 0. The lowest BCUT2D eigenvalue weighted by atomic mass is 9.95. The quantitative estimate of drug-likeness (QED) is 0.635. The van der Waals surface area contributed by atoms with E-state index in [4.69, 9.17) is 9.47 Å². The van der Waals surface area contributed by atoms with Gasteiger partial charge in [-0.15, -0.1) is 0 Å². The zero-order valence-corrected chi connectivity index (χ0v) is 16.5. The van der Waals surface area contributed by atoms with Gasteiger partial charge in [-0.3, -0.25) is 5.10 Å². The fraction of sp³-hybridized carbons (Fsp3) is 0.350. The van der Waals surface area contributed by atoms with Gasteiger partial charge in [-0.25, -0.2) is 19.7 Å². The average Bonchev–Trinajstić information content (AvgIpc) is 3.15. The molecule has 4 rings (SSSR count). The van der Waals surface area contributed by atoms with Crippen molar-refractivity contribution in [2.24, 2.45) is 0 Å². The van der Waals surface area contributed by atoms with Crippen LogP contribution in [0.5, 0.6) is 0 Å². The van der Waals surface area contributed by atoms with Crippen molar-refractivity contribution < 1.29 is 14.3 Å². The molecule has 0 bridgehead atoms. The van der Waals surface area contributed by atoms with Gasteiger partial charge in [-0.2, -0.15) is 5.10 Å². The monoisotopic (exact) mass is 394 g/mol. The highest BCUT2D eigenvalue weighted by atomic mass is 16.6. The van der Waals surface area contributed by atoms with Gasteiger partial charge in [0.05, 0.1) is 18.8 Å². The molecular formula is C20H22N6O3. The van der Waals surface area contributed by atoms with E-state index in [0.717, 1.165) is 5.69 Å². The number of benzene rings is 1. The molecule has 1 saturated heterocycles. The maximum absolute atomic E-state index is 12.4. The van der Waals surface area contributed by atoms with E-state index >= 15 is 0 Å². The molecule has 0 unspecified atom stereocenters. The van der Waals surface area contributed by atoms with Crippen LogP contribution in [0.15, 0.2) is 42.9 Å². The van der Waals surface area contributed by atoms with E-state index in [1.807, 2.05) is 32.9 Å². The van der Waals surface area contributed by atoms with E-state index in [1.165, 1.54) is 6.33 Å². The number of carbonyl (C=O) groups excluding carboxylic acids is 1. The van der Waals surface area contributed by atoms with Crippen molar-refractivity contribution in [1.29, 1.82) is 0 Å². The number of aromatic amines is 1. The van der Waals surface area contributed by atoms with Crippen molar-refractivity contribution >= 4 is 11.7 Å². The predicted molar refractivity (Wildman–Crippen MR) is 105 cm³/mol. The molecule has 1 aliphatic rings. The molecule has 29 heavy (non-hydrogen) atoms. The van der Waals surface area contributed by atoms with Gasteiger partial charge in [-0.1, -0.05) is 6.07 Å². The first-order valence-electron chi connectivity index (χ1n) is 9.23. The zero-order chi connectivity index (χ0) is 20.5. The Morgan fingerprint density at radius 1 is 1.28 bits per heavy atom. The third-order valence-corrected chi connectivity index (χ3v) is 4.33. The summed E-state index contributed by atoms with van der Waals surface area (Å²) < 4.78 is 10.9. The van der Waals surface area contributed by atoms with Crippen LogP contribution >= 0.6 is 0 Å². The summed E-state index contributed by atoms with van der Waals surface area (Å²) in [5.74, 6) is 0.754. The van der Waals surface area contributed by atoms with Crippen molar-refractivity contribution in [1.82, 2.24) is 25.1 Å². The molecule has 0 amide bonds. The molecule has 2 aromatic heterocycles. The molecule has 9 nitrogen and oxygen atoms in total. The van der Waals surface area contributed by atoms with E-state index in [1.54, 1.807) is 24.4 Å². The number of hydrogen-bond donors (Lipinski definition) is 2. The second kappa shape index (κ2) is 7.25. The van der Waals surface area contributed by atoms with Crippen LogP contribution < -0.4 is 5.32 Å². The Morgan fingerprint density at radius 3 is 2.76 bits per heavy atom. The summed E-state index contributed by atoms with van der Waals surface area (Å²) in [5, 5.41) is 10.7. The minimum Gasteiger partial charge on any atom is -0.456 e. The van der Waals surface area contributed by atoms with Crippen LogP contribution in [0.25, 0.3) is 11.5 Å². The fourth-order valence-corrected chi connectivity index (χ4v) is 2.92. The standard InChI is InChI=1S/C20H22N6O3/c1-19(2,3)29-17(27)13-5-4-6-14(9-13)24-20(10-28-11-20)18-23-16(25-26-18)15-7-8-21-12-22-15/h4-9,12,24H,10-11H2,1-3H3,(H,23,25,26). The summed E-state index contributed by atoms with van der Waals surface area (Å²) in [7, 11) is 0. The van der Waals surface area contributed by atoms with E-state index in [-0.39, 0.29) is 5.97 Å². The van der Waals surface area contributed by atoms with Gasteiger partial charge in [0.1, 0.15) is 23.2 Å². The van der Waals surface area contributed by atoms with Crippen LogP contribution in [0.1, 0.15) is 37.0 Å². The lowest BCUT2D eigenvalue weighted by molar-refractivity contribution is -0.0487.